The number of rotatable bonds is 8. The number of halogens is 1. The van der Waals surface area contributed by atoms with Crippen LogP contribution in [0.15, 0.2) is 11.1 Å². The molecule has 3 rings (SSSR count). The lowest BCUT2D eigenvalue weighted by atomic mass is 10.1. The lowest BCUT2D eigenvalue weighted by molar-refractivity contribution is -0.114. The summed E-state index contributed by atoms with van der Waals surface area (Å²) < 4.78 is 31.6. The Balaban J connectivity index is 1.91. The van der Waals surface area contributed by atoms with Crippen molar-refractivity contribution in [3.8, 4) is 0 Å². The summed E-state index contributed by atoms with van der Waals surface area (Å²) >= 11 is 0. The van der Waals surface area contributed by atoms with Gasteiger partial charge in [-0.3, -0.25) is 29.1 Å². The van der Waals surface area contributed by atoms with Gasteiger partial charge in [0, 0.05) is 19.0 Å². The third-order valence-electron chi connectivity index (χ3n) is 5.33. The van der Waals surface area contributed by atoms with Crippen LogP contribution in [0.1, 0.15) is 54.2 Å². The molecule has 0 saturated carbocycles. The summed E-state index contributed by atoms with van der Waals surface area (Å²) in [7, 11) is -1.05. The second-order valence-electron chi connectivity index (χ2n) is 8.44. The number of nitrogens with zero attached hydrogens (tertiary/aromatic N) is 4. The van der Waals surface area contributed by atoms with Crippen molar-refractivity contribution >= 4 is 31.3 Å². The first-order valence-electron chi connectivity index (χ1n) is 10.8. The number of imidazole rings is 1. The molecule has 2 N–H and O–H groups in total. The van der Waals surface area contributed by atoms with Crippen LogP contribution in [0.25, 0.3) is 11.2 Å². The maximum Gasteiger partial charge on any atom is 0.280 e. The Morgan fingerprint density at radius 2 is 2.06 bits per heavy atom. The minimum Gasteiger partial charge on any atom is -0.349 e. The second kappa shape index (κ2) is 9.91. The Kier molecular flexibility index (Phi) is 7.65. The molecule has 1 aliphatic heterocycles. The van der Waals surface area contributed by atoms with E-state index in [4.69, 9.17) is 9.26 Å². The van der Waals surface area contributed by atoms with Gasteiger partial charge in [0.15, 0.2) is 23.6 Å². The molecule has 0 spiro atoms. The van der Waals surface area contributed by atoms with Gasteiger partial charge in [0.25, 0.3) is 5.56 Å². The first kappa shape index (κ1) is 24.7. The summed E-state index contributed by atoms with van der Waals surface area (Å²) in [5.74, 6) is -0.429. The SMILES string of the molecule is CCC1OC(n2cnc3c(=O)[nH]c(NC(C)=O)nc32)C(F)C1OP(C)N(C(C)C)C(C)C. The highest BCUT2D eigenvalue weighted by Gasteiger charge is 2.48. The van der Waals surface area contributed by atoms with Gasteiger partial charge in [0.05, 0.1) is 12.4 Å². The number of carbonyl (C=O) groups excluding carboxylic acids is 1. The second-order valence-corrected chi connectivity index (χ2v) is 10.0. The summed E-state index contributed by atoms with van der Waals surface area (Å²) in [6, 6.07) is 0.506. The Labute approximate surface area is 187 Å². The van der Waals surface area contributed by atoms with E-state index in [1.807, 2.05) is 13.6 Å². The van der Waals surface area contributed by atoms with E-state index < -0.39 is 44.4 Å². The van der Waals surface area contributed by atoms with E-state index in [-0.39, 0.29) is 29.2 Å². The topological polar surface area (TPSA) is 114 Å². The minimum absolute atomic E-state index is 0.0356. The Bertz CT molecular complexity index is 1000. The minimum atomic E-state index is -1.49. The van der Waals surface area contributed by atoms with E-state index in [9.17, 15) is 9.59 Å². The Morgan fingerprint density at radius 1 is 1.41 bits per heavy atom. The third kappa shape index (κ3) is 4.85. The number of aromatic amines is 1. The summed E-state index contributed by atoms with van der Waals surface area (Å²) in [4.78, 5) is 34.5. The molecule has 12 heteroatoms. The van der Waals surface area contributed by atoms with Crippen LogP contribution >= 0.6 is 8.30 Å². The van der Waals surface area contributed by atoms with Gasteiger partial charge in [-0.2, -0.15) is 4.98 Å². The zero-order valence-corrected chi connectivity index (χ0v) is 20.4. The molecule has 2 aromatic heterocycles. The molecule has 5 unspecified atom stereocenters. The molecule has 0 radical (unpaired) electrons. The zero-order chi connectivity index (χ0) is 23.7. The standard InChI is InChI=1S/C20H32FN6O4P/c1-8-13-16(31-32(7)27(10(2)3)11(4)5)14(21)19(30-13)26-9-22-15-17(26)24-20(23-12(6)28)25-18(15)29/h9-11,13-14,16,19H,8H2,1-7H3,(H2,23,24,25,28,29). The number of alkyl halides is 1. The number of ether oxygens (including phenoxy) is 1. The van der Waals surface area contributed by atoms with E-state index in [2.05, 4.69) is 52.6 Å². The van der Waals surface area contributed by atoms with Crippen LogP contribution in [0.2, 0.25) is 0 Å². The molecular formula is C20H32FN6O4P. The molecule has 0 aliphatic carbocycles. The van der Waals surface area contributed by atoms with Gasteiger partial charge in [0.2, 0.25) is 11.9 Å². The summed E-state index contributed by atoms with van der Waals surface area (Å²) in [5, 5.41) is 2.44. The van der Waals surface area contributed by atoms with Gasteiger partial charge in [-0.05, 0) is 40.8 Å². The molecule has 10 nitrogen and oxygen atoms in total. The highest BCUT2D eigenvalue weighted by atomic mass is 31.2. The smallest absolute Gasteiger partial charge is 0.280 e. The van der Waals surface area contributed by atoms with Crippen molar-refractivity contribution in [3.63, 3.8) is 0 Å². The molecule has 32 heavy (non-hydrogen) atoms. The number of hydrogen-bond donors (Lipinski definition) is 2. The number of fused-ring (bicyclic) bond motifs is 1. The summed E-state index contributed by atoms with van der Waals surface area (Å²) in [6.45, 7) is 13.6. The molecule has 2 aromatic rings. The molecule has 3 heterocycles. The van der Waals surface area contributed by atoms with Gasteiger partial charge in [-0.25, -0.2) is 9.37 Å². The number of amides is 1. The Morgan fingerprint density at radius 3 is 2.62 bits per heavy atom. The van der Waals surface area contributed by atoms with Crippen molar-refractivity contribution < 1.29 is 18.4 Å². The predicted molar refractivity (Wildman–Crippen MR) is 121 cm³/mol. The number of hydrogen-bond acceptors (Lipinski definition) is 7. The lowest BCUT2D eigenvalue weighted by Gasteiger charge is -2.37. The van der Waals surface area contributed by atoms with Gasteiger partial charge in [-0.15, -0.1) is 0 Å². The van der Waals surface area contributed by atoms with Gasteiger partial charge >= 0.3 is 0 Å². The number of carbonyl (C=O) groups is 1. The van der Waals surface area contributed by atoms with Gasteiger partial charge in [0.1, 0.15) is 14.4 Å². The predicted octanol–water partition coefficient (Wildman–Crippen LogP) is 3.17. The maximum absolute atomic E-state index is 15.7. The number of aromatic nitrogens is 4. The molecule has 1 fully saturated rings. The average Bonchev–Trinajstić information content (AvgIpc) is 3.22. The number of anilines is 1. The van der Waals surface area contributed by atoms with E-state index >= 15 is 4.39 Å². The normalized spacial score (nSPS) is 24.7. The molecule has 5 atom stereocenters. The molecular weight excluding hydrogens is 438 g/mol. The van der Waals surface area contributed by atoms with Crippen LogP contribution in [0.5, 0.6) is 0 Å². The van der Waals surface area contributed by atoms with Crippen LogP contribution in [0, 0.1) is 0 Å². The summed E-state index contributed by atoms with van der Waals surface area (Å²) in [5.41, 5.74) is -0.367. The molecule has 0 bridgehead atoms. The monoisotopic (exact) mass is 470 g/mol. The zero-order valence-electron chi connectivity index (χ0n) is 19.5. The van der Waals surface area contributed by atoms with Crippen molar-refractivity contribution in [3.05, 3.63) is 16.7 Å². The molecule has 0 aromatic carbocycles. The van der Waals surface area contributed by atoms with Crippen LogP contribution in [0.4, 0.5) is 10.3 Å². The van der Waals surface area contributed by atoms with E-state index in [0.717, 1.165) is 0 Å². The summed E-state index contributed by atoms with van der Waals surface area (Å²) in [6.07, 6.45) is -1.88. The molecule has 1 saturated heterocycles. The van der Waals surface area contributed by atoms with Gasteiger partial charge in [-0.1, -0.05) is 6.92 Å². The van der Waals surface area contributed by atoms with E-state index in [1.54, 1.807) is 0 Å². The fourth-order valence-corrected chi connectivity index (χ4v) is 6.20. The highest BCUT2D eigenvalue weighted by molar-refractivity contribution is 7.49. The van der Waals surface area contributed by atoms with Crippen molar-refractivity contribution in [1.82, 2.24) is 24.2 Å². The van der Waals surface area contributed by atoms with Gasteiger partial charge < -0.3 is 9.26 Å². The third-order valence-corrected chi connectivity index (χ3v) is 7.45. The fraction of sp³-hybridized carbons (Fsp3) is 0.700. The molecule has 1 aliphatic rings. The van der Waals surface area contributed by atoms with E-state index in [1.165, 1.54) is 17.8 Å². The first-order chi connectivity index (χ1) is 15.0. The van der Waals surface area contributed by atoms with Crippen molar-refractivity contribution in [2.75, 3.05) is 12.0 Å². The van der Waals surface area contributed by atoms with Crippen LogP contribution in [-0.4, -0.2) is 67.2 Å². The van der Waals surface area contributed by atoms with Crippen molar-refractivity contribution in [2.45, 2.75) is 84.7 Å². The first-order valence-corrected chi connectivity index (χ1v) is 12.4. The van der Waals surface area contributed by atoms with Crippen LogP contribution in [-0.2, 0) is 14.1 Å². The highest BCUT2D eigenvalue weighted by Crippen LogP contribution is 2.47. The maximum atomic E-state index is 15.7. The molecule has 178 valence electrons. The Hall–Kier alpha value is -1.94. The van der Waals surface area contributed by atoms with Crippen molar-refractivity contribution in [1.29, 1.82) is 0 Å². The molecule has 1 amide bonds. The largest absolute Gasteiger partial charge is 0.349 e. The average molecular weight is 470 g/mol. The van der Waals surface area contributed by atoms with Crippen LogP contribution in [0.3, 0.4) is 0 Å². The van der Waals surface area contributed by atoms with Crippen LogP contribution < -0.4 is 10.9 Å². The van der Waals surface area contributed by atoms with Crippen molar-refractivity contribution in [2.24, 2.45) is 0 Å². The van der Waals surface area contributed by atoms with E-state index in [0.29, 0.717) is 6.42 Å². The number of nitrogens with one attached hydrogen (secondary N) is 2. The lowest BCUT2D eigenvalue weighted by Crippen LogP contribution is -2.37. The quantitative estimate of drug-likeness (QED) is 0.570. The number of H-pyrrole nitrogens is 1. The fourth-order valence-electron chi connectivity index (χ4n) is 4.19.